The molecule has 3 aliphatic heterocycles. The van der Waals surface area contributed by atoms with Gasteiger partial charge in [0.15, 0.2) is 0 Å². The van der Waals surface area contributed by atoms with Crippen LogP contribution < -0.4 is 21.1 Å². The molecule has 2 N–H and O–H groups in total. The normalized spacial score (nSPS) is 20.9. The second kappa shape index (κ2) is 16.5. The Morgan fingerprint density at radius 1 is 1.04 bits per heavy atom. The van der Waals surface area contributed by atoms with Gasteiger partial charge in [-0.2, -0.15) is 4.39 Å². The molecule has 0 bridgehead atoms. The van der Waals surface area contributed by atoms with Gasteiger partial charge in [0.25, 0.3) is 17.4 Å². The number of nitrogens with zero attached hydrogens (tertiary/aromatic N) is 5. The lowest BCUT2D eigenvalue weighted by Crippen LogP contribution is -2.48. The number of amides is 2. The maximum atomic E-state index is 14.7. The van der Waals surface area contributed by atoms with Gasteiger partial charge in [-0.05, 0) is 121 Å². The number of likely N-dealkylation sites (tertiary alicyclic amines) is 2. The van der Waals surface area contributed by atoms with E-state index in [1.54, 1.807) is 7.05 Å². The third kappa shape index (κ3) is 8.67. The summed E-state index contributed by atoms with van der Waals surface area (Å²) in [6.07, 6.45) is 6.69. The van der Waals surface area contributed by atoms with Crippen LogP contribution in [-0.2, 0) is 16.6 Å². The van der Waals surface area contributed by atoms with Crippen molar-refractivity contribution in [2.24, 2.45) is 12.5 Å². The molecule has 3 unspecified atom stereocenters. The number of halogens is 2. The number of rotatable bonds is 10. The molecule has 1 spiro atoms. The minimum atomic E-state index is -0.722. The second-order valence-electron chi connectivity index (χ2n) is 15.3. The number of hydrogen-bond acceptors (Lipinski definition) is 8. The first-order valence-electron chi connectivity index (χ1n) is 18.7. The van der Waals surface area contributed by atoms with Gasteiger partial charge in [-0.25, -0.2) is 4.68 Å². The van der Waals surface area contributed by atoms with Crippen molar-refractivity contribution in [2.45, 2.75) is 69.7 Å². The maximum absolute atomic E-state index is 14.7. The molecule has 13 heteroatoms. The highest BCUT2D eigenvalue weighted by molar-refractivity contribution is 9.10. The van der Waals surface area contributed by atoms with Crippen LogP contribution in [0.2, 0.25) is 0 Å². The molecule has 6 rings (SSSR count). The average Bonchev–Trinajstić information content (AvgIpc) is 3.16. The lowest BCUT2D eigenvalue weighted by Gasteiger charge is -2.47. The number of aromatic nitrogens is 2. The fourth-order valence-electron chi connectivity index (χ4n) is 8.54. The van der Waals surface area contributed by atoms with Crippen LogP contribution in [0.5, 0.6) is 0 Å². The summed E-state index contributed by atoms with van der Waals surface area (Å²) in [6.45, 7) is 7.00. The highest BCUT2D eigenvalue weighted by Gasteiger charge is 2.39. The zero-order chi connectivity index (χ0) is 37.9. The van der Waals surface area contributed by atoms with E-state index in [0.717, 1.165) is 92.5 Å². The smallest absolute Gasteiger partial charge is 0.283 e. The van der Waals surface area contributed by atoms with E-state index in [1.165, 1.54) is 12.7 Å². The molecule has 4 heterocycles. The Balaban J connectivity index is 1.01. The number of hydrogen-bond donors (Lipinski definition) is 2. The van der Waals surface area contributed by atoms with E-state index < -0.39 is 11.5 Å². The summed E-state index contributed by atoms with van der Waals surface area (Å²) < 4.78 is 15.8. The Labute approximate surface area is 319 Å². The van der Waals surface area contributed by atoms with Gasteiger partial charge in [0.05, 0.1) is 0 Å². The number of carbonyl (C=O) groups excluding carboxylic acids is 3. The molecule has 0 radical (unpaired) electrons. The fraction of sp³-hybridized carbons (Fsp3) is 0.525. The second-order valence-corrected chi connectivity index (χ2v) is 16.1. The third-order valence-corrected chi connectivity index (χ3v) is 12.6. The predicted molar refractivity (Wildman–Crippen MR) is 208 cm³/mol. The highest BCUT2D eigenvalue weighted by Crippen LogP contribution is 2.43. The van der Waals surface area contributed by atoms with Crippen molar-refractivity contribution in [3.63, 3.8) is 0 Å². The van der Waals surface area contributed by atoms with Gasteiger partial charge >= 0.3 is 0 Å². The van der Waals surface area contributed by atoms with Crippen molar-refractivity contribution in [3.05, 3.63) is 85.5 Å². The zero-order valence-electron chi connectivity index (χ0n) is 31.2. The first kappa shape index (κ1) is 38.6. The van der Waals surface area contributed by atoms with E-state index in [1.807, 2.05) is 49.2 Å². The van der Waals surface area contributed by atoms with Crippen molar-refractivity contribution in [3.8, 4) is 0 Å². The van der Waals surface area contributed by atoms with Crippen molar-refractivity contribution in [1.82, 2.24) is 24.9 Å². The van der Waals surface area contributed by atoms with E-state index in [2.05, 4.69) is 53.6 Å². The van der Waals surface area contributed by atoms with Gasteiger partial charge < -0.3 is 30.1 Å². The van der Waals surface area contributed by atoms with Crippen LogP contribution in [0.15, 0.2) is 51.7 Å². The first-order chi connectivity index (χ1) is 25.4. The van der Waals surface area contributed by atoms with Crippen molar-refractivity contribution >= 4 is 45.4 Å². The quantitative estimate of drug-likeness (QED) is 0.269. The monoisotopic (exact) mass is 791 g/mol. The van der Waals surface area contributed by atoms with Gasteiger partial charge in [0.2, 0.25) is 5.91 Å². The predicted octanol–water partition coefficient (Wildman–Crippen LogP) is 5.22. The van der Waals surface area contributed by atoms with Gasteiger partial charge in [-0.1, -0.05) is 18.2 Å². The Hall–Kier alpha value is -4.10. The Morgan fingerprint density at radius 3 is 2.36 bits per heavy atom. The largest absolute Gasteiger partial charge is 0.376 e. The molecule has 3 fully saturated rings. The van der Waals surface area contributed by atoms with Crippen LogP contribution in [0.1, 0.15) is 83.8 Å². The lowest BCUT2D eigenvalue weighted by atomic mass is 9.71. The molecule has 0 aliphatic carbocycles. The molecule has 2 amide bonds. The summed E-state index contributed by atoms with van der Waals surface area (Å²) in [5.74, 6) is -0.825. The third-order valence-electron chi connectivity index (χ3n) is 11.8. The minimum absolute atomic E-state index is 0.0574. The van der Waals surface area contributed by atoms with Crippen molar-refractivity contribution < 1.29 is 18.8 Å². The summed E-state index contributed by atoms with van der Waals surface area (Å²) >= 11 is 3.24. The Kier molecular flexibility index (Phi) is 12.0. The molecule has 0 saturated carbocycles. The van der Waals surface area contributed by atoms with E-state index in [4.69, 9.17) is 0 Å². The van der Waals surface area contributed by atoms with Crippen LogP contribution in [0, 0.1) is 18.3 Å². The van der Waals surface area contributed by atoms with Crippen LogP contribution in [-0.4, -0.2) is 97.1 Å². The molecule has 3 atom stereocenters. The Morgan fingerprint density at radius 2 is 1.72 bits per heavy atom. The van der Waals surface area contributed by atoms with Crippen LogP contribution >= 0.6 is 15.9 Å². The summed E-state index contributed by atoms with van der Waals surface area (Å²) in [4.78, 5) is 56.2. The van der Waals surface area contributed by atoms with Gasteiger partial charge in [0, 0.05) is 83.0 Å². The Bertz CT molecular complexity index is 1870. The molecule has 3 saturated heterocycles. The number of carbonyl (C=O) groups is 3. The first-order valence-corrected chi connectivity index (χ1v) is 19.5. The standard InChI is InChI=1S/C40H51BrFN7O4/c1-26-21-32(10-11-33(26)29(25-50)9-12-34(51)43-2)48-17-13-40(14-18-48)15-19-49(20-16-40)38(52)28-7-5-27(6-8-28)30-22-31(24-46(3)23-30)44-36-35(41)39(53)47(4)45-37(36)42/h5-8,10-11,21,25,29-31,44H,9,12-20,22-24H2,1-4H3,(H,43,51). The lowest BCUT2D eigenvalue weighted by molar-refractivity contribution is -0.120. The van der Waals surface area contributed by atoms with Crippen LogP contribution in [0.25, 0.3) is 0 Å². The van der Waals surface area contributed by atoms with Crippen LogP contribution in [0.4, 0.5) is 15.8 Å². The molecule has 1 aromatic heterocycles. The number of benzene rings is 2. The molecule has 53 heavy (non-hydrogen) atoms. The van der Waals surface area contributed by atoms with E-state index in [-0.39, 0.29) is 45.3 Å². The number of anilines is 2. The fourth-order valence-corrected chi connectivity index (χ4v) is 9.08. The summed E-state index contributed by atoms with van der Waals surface area (Å²) in [5, 5.41) is 9.54. The van der Waals surface area contributed by atoms with Gasteiger partial charge in [-0.3, -0.25) is 14.4 Å². The SMILES string of the molecule is CNC(=O)CCC(C=O)c1ccc(N2CCC3(CCN(C(=O)c4ccc(C5CC(Nc6c(F)nn(C)c(=O)c6Br)CN(C)C5)cc4)CC3)CC2)cc1C. The minimum Gasteiger partial charge on any atom is -0.376 e. The molecule has 11 nitrogen and oxygen atoms in total. The van der Waals surface area contributed by atoms with E-state index in [0.29, 0.717) is 24.9 Å². The van der Waals surface area contributed by atoms with Crippen molar-refractivity contribution in [1.29, 1.82) is 0 Å². The van der Waals surface area contributed by atoms with Crippen molar-refractivity contribution in [2.75, 3.05) is 63.6 Å². The molecular formula is C40H51BrFN7O4. The zero-order valence-corrected chi connectivity index (χ0v) is 32.8. The maximum Gasteiger partial charge on any atom is 0.283 e. The number of likely N-dealkylation sites (N-methyl/N-ethyl adjacent to an activating group) is 1. The van der Waals surface area contributed by atoms with Crippen LogP contribution in [0.3, 0.4) is 0 Å². The molecule has 284 valence electrons. The number of aryl methyl sites for hydroxylation is 2. The summed E-state index contributed by atoms with van der Waals surface area (Å²) in [6, 6.07) is 14.2. The molecular weight excluding hydrogens is 741 g/mol. The number of piperidine rings is 3. The molecule has 2 aromatic carbocycles. The summed E-state index contributed by atoms with van der Waals surface area (Å²) in [5.41, 5.74) is 4.98. The average molecular weight is 793 g/mol. The van der Waals surface area contributed by atoms with E-state index in [9.17, 15) is 23.6 Å². The van der Waals surface area contributed by atoms with Gasteiger partial charge in [-0.15, -0.1) is 5.10 Å². The highest BCUT2D eigenvalue weighted by atomic mass is 79.9. The number of nitrogens with one attached hydrogen (secondary N) is 2. The topological polar surface area (TPSA) is 120 Å². The number of aldehydes is 1. The van der Waals surface area contributed by atoms with Gasteiger partial charge in [0.1, 0.15) is 16.4 Å². The molecule has 3 aliphatic rings. The van der Waals surface area contributed by atoms with E-state index >= 15 is 0 Å². The summed E-state index contributed by atoms with van der Waals surface area (Å²) in [7, 11) is 5.06. The molecule has 3 aromatic rings.